The van der Waals surface area contributed by atoms with Gasteiger partial charge in [-0.15, -0.1) is 11.3 Å². The van der Waals surface area contributed by atoms with E-state index in [2.05, 4.69) is 15.6 Å². The third-order valence-electron chi connectivity index (χ3n) is 3.93. The molecule has 0 bridgehead atoms. The van der Waals surface area contributed by atoms with Crippen LogP contribution in [0.15, 0.2) is 28.2 Å². The molecule has 0 radical (unpaired) electrons. The number of anilines is 1. The number of carbonyl (C=O) groups excluding carboxylic acids is 3. The van der Waals surface area contributed by atoms with Crippen molar-refractivity contribution in [2.24, 2.45) is 5.92 Å². The predicted octanol–water partition coefficient (Wildman–Crippen LogP) is 2.17. The van der Waals surface area contributed by atoms with Crippen LogP contribution in [0.1, 0.15) is 36.5 Å². The highest BCUT2D eigenvalue weighted by Gasteiger charge is 2.22. The van der Waals surface area contributed by atoms with Crippen LogP contribution >= 0.6 is 11.3 Å². The number of methoxy groups -OCH3 is 1. The second kappa shape index (κ2) is 12.1. The molecule has 3 amide bonds. The number of nitrogens with one attached hydrogen (secondary N) is 2. The van der Waals surface area contributed by atoms with Crippen LogP contribution in [0.2, 0.25) is 0 Å². The summed E-state index contributed by atoms with van der Waals surface area (Å²) in [5, 5.41) is 7.60. The largest absolute Gasteiger partial charge is 0.459 e. The summed E-state index contributed by atoms with van der Waals surface area (Å²) in [7, 11) is 1.61. The van der Waals surface area contributed by atoms with Gasteiger partial charge < -0.3 is 24.7 Å². The first-order valence-electron chi connectivity index (χ1n) is 9.71. The van der Waals surface area contributed by atoms with Gasteiger partial charge in [0, 0.05) is 32.2 Å². The molecule has 0 aliphatic carbocycles. The van der Waals surface area contributed by atoms with Gasteiger partial charge in [-0.2, -0.15) is 0 Å². The molecule has 0 atom stereocenters. The molecule has 2 N–H and O–H groups in total. The molecule has 0 aliphatic rings. The Morgan fingerprint density at radius 3 is 2.77 bits per heavy atom. The Morgan fingerprint density at radius 1 is 1.30 bits per heavy atom. The molecule has 30 heavy (non-hydrogen) atoms. The fourth-order valence-corrected chi connectivity index (χ4v) is 3.39. The SMILES string of the molecule is COCCCNC(=O)Cc1csc(NC(=O)CN(CC(C)C)C(=O)c2ccco2)n1. The number of furan rings is 1. The maximum atomic E-state index is 12.6. The van der Waals surface area contributed by atoms with E-state index in [-0.39, 0.29) is 42.4 Å². The van der Waals surface area contributed by atoms with Crippen LogP contribution in [0.25, 0.3) is 0 Å². The number of thiazole rings is 1. The van der Waals surface area contributed by atoms with Crippen molar-refractivity contribution in [3.05, 3.63) is 35.2 Å². The van der Waals surface area contributed by atoms with E-state index in [9.17, 15) is 14.4 Å². The van der Waals surface area contributed by atoms with Gasteiger partial charge in [-0.3, -0.25) is 14.4 Å². The lowest BCUT2D eigenvalue weighted by Crippen LogP contribution is -2.40. The molecule has 9 nitrogen and oxygen atoms in total. The summed E-state index contributed by atoms with van der Waals surface area (Å²) < 4.78 is 10.1. The van der Waals surface area contributed by atoms with Crippen LogP contribution in [0.4, 0.5) is 5.13 Å². The van der Waals surface area contributed by atoms with Crippen molar-refractivity contribution in [2.45, 2.75) is 26.7 Å². The molecule has 0 spiro atoms. The van der Waals surface area contributed by atoms with Crippen molar-refractivity contribution >= 4 is 34.2 Å². The van der Waals surface area contributed by atoms with Crippen LogP contribution in [0.5, 0.6) is 0 Å². The average Bonchev–Trinajstić information content (AvgIpc) is 3.36. The van der Waals surface area contributed by atoms with E-state index < -0.39 is 0 Å². The number of nitrogens with zero attached hydrogens (tertiary/aromatic N) is 2. The second-order valence-corrected chi connectivity index (χ2v) is 7.98. The third kappa shape index (κ3) is 7.96. The maximum absolute atomic E-state index is 12.6. The Morgan fingerprint density at radius 2 is 2.10 bits per heavy atom. The number of hydrogen-bond donors (Lipinski definition) is 2. The minimum absolute atomic E-state index is 0.118. The monoisotopic (exact) mass is 436 g/mol. The summed E-state index contributed by atoms with van der Waals surface area (Å²) in [4.78, 5) is 42.7. The molecule has 0 aromatic carbocycles. The van der Waals surface area contributed by atoms with E-state index in [4.69, 9.17) is 9.15 Å². The Balaban J connectivity index is 1.87. The van der Waals surface area contributed by atoms with Gasteiger partial charge in [0.05, 0.1) is 18.4 Å². The summed E-state index contributed by atoms with van der Waals surface area (Å²) >= 11 is 1.23. The number of ether oxygens (including phenoxy) is 1. The molecule has 2 aromatic rings. The maximum Gasteiger partial charge on any atom is 0.290 e. The number of amides is 3. The molecule has 2 rings (SSSR count). The Labute approximate surface area is 179 Å². The van der Waals surface area contributed by atoms with Crippen LogP contribution in [-0.4, -0.2) is 61.0 Å². The lowest BCUT2D eigenvalue weighted by atomic mass is 10.2. The summed E-state index contributed by atoms with van der Waals surface area (Å²) in [5.41, 5.74) is 0.574. The van der Waals surface area contributed by atoms with E-state index in [0.717, 1.165) is 6.42 Å². The van der Waals surface area contributed by atoms with Crippen molar-refractivity contribution in [1.82, 2.24) is 15.2 Å². The van der Waals surface area contributed by atoms with Gasteiger partial charge in [-0.05, 0) is 24.5 Å². The van der Waals surface area contributed by atoms with Crippen molar-refractivity contribution in [3.63, 3.8) is 0 Å². The molecule has 0 fully saturated rings. The standard InChI is InChI=1S/C20H28N4O5S/c1-14(2)11-24(19(27)16-6-4-9-29-16)12-18(26)23-20-22-15(13-30-20)10-17(25)21-7-5-8-28-3/h4,6,9,13-14H,5,7-8,10-12H2,1-3H3,(H,21,25)(H,22,23,26). The molecule has 0 saturated carbocycles. The summed E-state index contributed by atoms with van der Waals surface area (Å²) in [5.74, 6) is -0.460. The summed E-state index contributed by atoms with van der Waals surface area (Å²) in [6, 6.07) is 3.20. The van der Waals surface area contributed by atoms with Crippen molar-refractivity contribution < 1.29 is 23.5 Å². The van der Waals surface area contributed by atoms with E-state index in [1.807, 2.05) is 13.8 Å². The molecule has 0 aliphatic heterocycles. The van der Waals surface area contributed by atoms with Crippen LogP contribution in [0.3, 0.4) is 0 Å². The fraction of sp³-hybridized carbons (Fsp3) is 0.500. The van der Waals surface area contributed by atoms with Crippen LogP contribution in [0, 0.1) is 5.92 Å². The van der Waals surface area contributed by atoms with Crippen LogP contribution < -0.4 is 10.6 Å². The zero-order chi connectivity index (χ0) is 21.9. The lowest BCUT2D eigenvalue weighted by molar-refractivity contribution is -0.120. The third-order valence-corrected chi connectivity index (χ3v) is 4.73. The van der Waals surface area contributed by atoms with Crippen LogP contribution in [-0.2, 0) is 20.7 Å². The van der Waals surface area contributed by atoms with Crippen molar-refractivity contribution in [3.8, 4) is 0 Å². The zero-order valence-corrected chi connectivity index (χ0v) is 18.3. The summed E-state index contributed by atoms with van der Waals surface area (Å²) in [6.45, 7) is 5.35. The second-order valence-electron chi connectivity index (χ2n) is 7.12. The van der Waals surface area contributed by atoms with Gasteiger partial charge in [-0.1, -0.05) is 13.8 Å². The van der Waals surface area contributed by atoms with E-state index in [0.29, 0.717) is 30.5 Å². The summed E-state index contributed by atoms with van der Waals surface area (Å²) in [6.07, 6.45) is 2.30. The number of aromatic nitrogens is 1. The van der Waals surface area contributed by atoms with Crippen molar-refractivity contribution in [2.75, 3.05) is 38.7 Å². The molecule has 10 heteroatoms. The molecule has 0 unspecified atom stereocenters. The molecular weight excluding hydrogens is 408 g/mol. The number of carbonyl (C=O) groups is 3. The highest BCUT2D eigenvalue weighted by Crippen LogP contribution is 2.16. The van der Waals surface area contributed by atoms with Crippen molar-refractivity contribution in [1.29, 1.82) is 0 Å². The average molecular weight is 437 g/mol. The quantitative estimate of drug-likeness (QED) is 0.493. The number of rotatable bonds is 12. The number of hydrogen-bond acceptors (Lipinski definition) is 7. The Bertz CT molecular complexity index is 819. The first-order chi connectivity index (χ1) is 14.4. The van der Waals surface area contributed by atoms with Gasteiger partial charge in [0.15, 0.2) is 10.9 Å². The Kier molecular flexibility index (Phi) is 9.49. The molecule has 2 heterocycles. The predicted molar refractivity (Wildman–Crippen MR) is 113 cm³/mol. The minimum atomic E-state index is -0.361. The minimum Gasteiger partial charge on any atom is -0.459 e. The normalized spacial score (nSPS) is 10.8. The highest BCUT2D eigenvalue weighted by atomic mass is 32.1. The van der Waals surface area contributed by atoms with Gasteiger partial charge in [-0.25, -0.2) is 4.98 Å². The molecular formula is C20H28N4O5S. The zero-order valence-electron chi connectivity index (χ0n) is 17.5. The lowest BCUT2D eigenvalue weighted by Gasteiger charge is -2.22. The topological polar surface area (TPSA) is 114 Å². The highest BCUT2D eigenvalue weighted by molar-refractivity contribution is 7.13. The van der Waals surface area contributed by atoms with E-state index in [1.165, 1.54) is 22.5 Å². The molecule has 164 valence electrons. The first-order valence-corrected chi connectivity index (χ1v) is 10.6. The molecule has 0 saturated heterocycles. The van der Waals surface area contributed by atoms with Gasteiger partial charge in [0.25, 0.3) is 5.91 Å². The van der Waals surface area contributed by atoms with E-state index >= 15 is 0 Å². The van der Waals surface area contributed by atoms with Gasteiger partial charge in [0.2, 0.25) is 11.8 Å². The van der Waals surface area contributed by atoms with E-state index in [1.54, 1.807) is 24.6 Å². The molecule has 2 aromatic heterocycles. The van der Waals surface area contributed by atoms with Gasteiger partial charge >= 0.3 is 0 Å². The van der Waals surface area contributed by atoms with Gasteiger partial charge in [0.1, 0.15) is 6.54 Å². The first kappa shape index (κ1) is 23.6. The fourth-order valence-electron chi connectivity index (χ4n) is 2.67. The Hall–Kier alpha value is -2.72. The smallest absolute Gasteiger partial charge is 0.290 e.